The molecule has 2 amide bonds. The van der Waals surface area contributed by atoms with E-state index in [4.69, 9.17) is 9.57 Å². The van der Waals surface area contributed by atoms with Gasteiger partial charge in [0.15, 0.2) is 0 Å². The number of hydrogen-bond donors (Lipinski definition) is 2. The minimum absolute atomic E-state index is 0.0195. The van der Waals surface area contributed by atoms with E-state index in [-0.39, 0.29) is 11.8 Å². The number of pyridine rings is 1. The number of piperidine rings is 1. The molecule has 0 aliphatic carbocycles. The van der Waals surface area contributed by atoms with E-state index in [2.05, 4.69) is 15.8 Å². The van der Waals surface area contributed by atoms with E-state index in [0.29, 0.717) is 38.0 Å². The van der Waals surface area contributed by atoms with Crippen LogP contribution in [0.4, 0.5) is 4.79 Å². The van der Waals surface area contributed by atoms with Crippen LogP contribution < -0.4 is 10.8 Å². The van der Waals surface area contributed by atoms with Gasteiger partial charge in [0.2, 0.25) is 5.88 Å². The van der Waals surface area contributed by atoms with E-state index >= 15 is 0 Å². The third-order valence-electron chi connectivity index (χ3n) is 5.06. The van der Waals surface area contributed by atoms with Gasteiger partial charge in [0, 0.05) is 56.5 Å². The molecule has 1 aromatic heterocycles. The van der Waals surface area contributed by atoms with Gasteiger partial charge < -0.3 is 15.0 Å². The predicted octanol–water partition coefficient (Wildman–Crippen LogP) is 2.36. The third kappa shape index (κ3) is 4.55. The molecule has 1 saturated heterocycles. The van der Waals surface area contributed by atoms with Gasteiger partial charge >= 0.3 is 6.09 Å². The quantitative estimate of drug-likeness (QED) is 0.827. The van der Waals surface area contributed by atoms with E-state index in [1.807, 2.05) is 30.3 Å². The number of nitrogens with one attached hydrogen (secondary N) is 2. The predicted molar refractivity (Wildman–Crippen MR) is 104 cm³/mol. The Morgan fingerprint density at radius 2 is 1.86 bits per heavy atom. The maximum atomic E-state index is 12.6. The molecule has 2 N–H and O–H groups in total. The van der Waals surface area contributed by atoms with Crippen molar-refractivity contribution >= 4 is 12.0 Å². The largest absolute Gasteiger partial charge is 0.414 e. The number of hydroxylamine groups is 1. The summed E-state index contributed by atoms with van der Waals surface area (Å²) in [5.41, 5.74) is 3.71. The second kappa shape index (κ2) is 8.32. The molecule has 8 nitrogen and oxygen atoms in total. The van der Waals surface area contributed by atoms with Crippen molar-refractivity contribution in [1.82, 2.24) is 20.7 Å². The van der Waals surface area contributed by atoms with Gasteiger partial charge in [-0.05, 0) is 17.7 Å². The van der Waals surface area contributed by atoms with Gasteiger partial charge in [0.25, 0.3) is 5.91 Å². The molecular formula is C21H22N4O4. The molecule has 2 aliphatic rings. The van der Waals surface area contributed by atoms with Crippen molar-refractivity contribution in [2.45, 2.75) is 25.0 Å². The van der Waals surface area contributed by atoms with Crippen molar-refractivity contribution in [1.29, 1.82) is 0 Å². The monoisotopic (exact) mass is 394 g/mol. The topological polar surface area (TPSA) is 92.8 Å². The number of amides is 2. The summed E-state index contributed by atoms with van der Waals surface area (Å²) < 4.78 is 5.29. The maximum Gasteiger partial charge on any atom is 0.414 e. The summed E-state index contributed by atoms with van der Waals surface area (Å²) >= 11 is 0. The first-order valence-corrected chi connectivity index (χ1v) is 9.49. The van der Waals surface area contributed by atoms with Gasteiger partial charge in [-0.25, -0.2) is 10.3 Å². The minimum atomic E-state index is -0.579. The van der Waals surface area contributed by atoms with Crippen LogP contribution in [-0.4, -0.2) is 40.6 Å². The highest BCUT2D eigenvalue weighted by molar-refractivity contribution is 5.94. The molecule has 2 aliphatic heterocycles. The van der Waals surface area contributed by atoms with Crippen molar-refractivity contribution < 1.29 is 19.2 Å². The van der Waals surface area contributed by atoms with Crippen LogP contribution in [0.3, 0.4) is 0 Å². The second-order valence-electron chi connectivity index (χ2n) is 7.03. The molecule has 150 valence electrons. The highest BCUT2D eigenvalue weighted by atomic mass is 16.7. The van der Waals surface area contributed by atoms with Crippen LogP contribution >= 0.6 is 0 Å². The summed E-state index contributed by atoms with van der Waals surface area (Å²) in [7, 11) is 0. The molecule has 0 unspecified atom stereocenters. The Hall–Kier alpha value is -3.39. The van der Waals surface area contributed by atoms with Gasteiger partial charge in [-0.1, -0.05) is 30.3 Å². The molecule has 8 heteroatoms. The van der Waals surface area contributed by atoms with Gasteiger partial charge in [0.05, 0.1) is 0 Å². The summed E-state index contributed by atoms with van der Waals surface area (Å²) in [5.74, 6) is 0.249. The Morgan fingerprint density at radius 3 is 2.59 bits per heavy atom. The summed E-state index contributed by atoms with van der Waals surface area (Å²) in [4.78, 5) is 36.0. The standard InChI is InChI=1S/C21H22N4O4/c26-19(17-6-10-22-11-7-17)25-12-8-21(9-13-25)14-18(24-29-21)28-20(27)23-15-16-4-2-1-3-5-16/h1-7,10-11,14,24H,8-9,12-13,15H2,(H,23,27). The highest BCUT2D eigenvalue weighted by Gasteiger charge is 2.40. The first-order chi connectivity index (χ1) is 14.1. The number of carbonyl (C=O) groups excluding carboxylic acids is 2. The summed E-state index contributed by atoms with van der Waals surface area (Å²) in [5, 5.41) is 2.70. The van der Waals surface area contributed by atoms with Crippen LogP contribution in [0.5, 0.6) is 0 Å². The van der Waals surface area contributed by atoms with Gasteiger partial charge in [-0.2, -0.15) is 0 Å². The number of ether oxygens (including phenoxy) is 1. The van der Waals surface area contributed by atoms with Crippen LogP contribution in [-0.2, 0) is 16.1 Å². The fourth-order valence-electron chi connectivity index (χ4n) is 3.42. The Morgan fingerprint density at radius 1 is 1.14 bits per heavy atom. The van der Waals surface area contributed by atoms with E-state index in [1.54, 1.807) is 35.5 Å². The lowest BCUT2D eigenvalue weighted by Gasteiger charge is -2.36. The summed E-state index contributed by atoms with van der Waals surface area (Å²) in [6, 6.07) is 13.0. The molecule has 1 spiro atoms. The number of alkyl carbamates (subject to hydrolysis) is 1. The molecular weight excluding hydrogens is 372 g/mol. The number of benzene rings is 1. The highest BCUT2D eigenvalue weighted by Crippen LogP contribution is 2.32. The van der Waals surface area contributed by atoms with Crippen LogP contribution in [0.2, 0.25) is 0 Å². The fraction of sp³-hybridized carbons (Fsp3) is 0.286. The zero-order valence-corrected chi connectivity index (χ0v) is 15.8. The molecule has 3 heterocycles. The van der Waals surface area contributed by atoms with E-state index in [0.717, 1.165) is 5.56 Å². The Labute approximate surface area is 168 Å². The van der Waals surface area contributed by atoms with Crippen LogP contribution in [0, 0.1) is 0 Å². The van der Waals surface area contributed by atoms with Gasteiger partial charge in [-0.15, -0.1) is 0 Å². The number of rotatable bonds is 4. The van der Waals surface area contributed by atoms with E-state index in [9.17, 15) is 9.59 Å². The number of hydrogen-bond acceptors (Lipinski definition) is 6. The minimum Gasteiger partial charge on any atom is -0.392 e. The van der Waals surface area contributed by atoms with Crippen molar-refractivity contribution in [2.24, 2.45) is 0 Å². The molecule has 0 saturated carbocycles. The molecule has 2 aromatic rings. The summed E-state index contributed by atoms with van der Waals surface area (Å²) in [6.07, 6.45) is 5.66. The SMILES string of the molecule is O=C(NCc1ccccc1)OC1=CC2(CCN(C(=O)c3ccncc3)CC2)ON1. The number of likely N-dealkylation sites (tertiary alicyclic amines) is 1. The normalized spacial score (nSPS) is 17.4. The molecule has 29 heavy (non-hydrogen) atoms. The van der Waals surface area contributed by atoms with Crippen molar-refractivity contribution in [3.8, 4) is 0 Å². The third-order valence-corrected chi connectivity index (χ3v) is 5.06. The van der Waals surface area contributed by atoms with Crippen molar-refractivity contribution in [3.05, 3.63) is 77.9 Å². The maximum absolute atomic E-state index is 12.6. The first-order valence-electron chi connectivity index (χ1n) is 9.49. The Kier molecular flexibility index (Phi) is 5.44. The van der Waals surface area contributed by atoms with E-state index < -0.39 is 11.7 Å². The smallest absolute Gasteiger partial charge is 0.392 e. The zero-order chi connectivity index (χ0) is 20.1. The van der Waals surface area contributed by atoms with Crippen LogP contribution in [0.15, 0.2) is 66.8 Å². The second-order valence-corrected chi connectivity index (χ2v) is 7.03. The van der Waals surface area contributed by atoms with E-state index in [1.165, 1.54) is 0 Å². The lowest BCUT2D eigenvalue weighted by molar-refractivity contribution is -0.0769. The summed E-state index contributed by atoms with van der Waals surface area (Å²) in [6.45, 7) is 1.48. The Balaban J connectivity index is 1.28. The molecule has 0 radical (unpaired) electrons. The molecule has 0 bridgehead atoms. The molecule has 1 fully saturated rings. The fourth-order valence-corrected chi connectivity index (χ4v) is 3.42. The van der Waals surface area contributed by atoms with Gasteiger partial charge in [0.1, 0.15) is 5.60 Å². The number of carbonyl (C=O) groups is 2. The molecule has 0 atom stereocenters. The lowest BCUT2D eigenvalue weighted by atomic mass is 9.91. The number of aromatic nitrogens is 1. The lowest BCUT2D eigenvalue weighted by Crippen LogP contribution is -2.46. The van der Waals surface area contributed by atoms with Crippen LogP contribution in [0.25, 0.3) is 0 Å². The van der Waals surface area contributed by atoms with Crippen LogP contribution in [0.1, 0.15) is 28.8 Å². The average molecular weight is 394 g/mol. The Bertz CT molecular complexity index is 893. The van der Waals surface area contributed by atoms with Crippen molar-refractivity contribution in [2.75, 3.05) is 13.1 Å². The average Bonchev–Trinajstić information content (AvgIpc) is 3.15. The van der Waals surface area contributed by atoms with Gasteiger partial charge in [-0.3, -0.25) is 14.6 Å². The first kappa shape index (κ1) is 18.9. The molecule has 4 rings (SSSR count). The zero-order valence-electron chi connectivity index (χ0n) is 15.8. The number of nitrogens with zero attached hydrogens (tertiary/aromatic N) is 2. The van der Waals surface area contributed by atoms with Crippen molar-refractivity contribution in [3.63, 3.8) is 0 Å². The molecule has 1 aromatic carbocycles.